The molecule has 0 aliphatic heterocycles. The highest BCUT2D eigenvalue weighted by atomic mass is 35.5. The number of nitrogens with zero attached hydrogens (tertiary/aromatic N) is 4. The van der Waals surface area contributed by atoms with Crippen LogP contribution in [0.25, 0.3) is 5.65 Å². The van der Waals surface area contributed by atoms with Crippen molar-refractivity contribution in [3.05, 3.63) is 28.2 Å². The van der Waals surface area contributed by atoms with E-state index in [1.807, 2.05) is 6.07 Å². The van der Waals surface area contributed by atoms with Gasteiger partial charge in [0.2, 0.25) is 0 Å². The van der Waals surface area contributed by atoms with Crippen molar-refractivity contribution in [3.8, 4) is 6.07 Å². The lowest BCUT2D eigenvalue weighted by Gasteiger charge is -2.09. The van der Waals surface area contributed by atoms with E-state index in [0.717, 1.165) is 12.8 Å². The summed E-state index contributed by atoms with van der Waals surface area (Å²) in [6.07, 6.45) is 3.33. The van der Waals surface area contributed by atoms with Gasteiger partial charge >= 0.3 is 5.97 Å². The Kier molecular flexibility index (Phi) is 2.64. The van der Waals surface area contributed by atoms with Crippen molar-refractivity contribution < 1.29 is 9.53 Å². The standard InChI is InChI=1S/C12H9ClN4O2/c1-19-12(18)10-8(13)9(6-2-3-6)16-11-7(4-14)5-15-17(10)11/h5-6H,2-3H2,1H3. The molecule has 2 aromatic heterocycles. The molecule has 3 rings (SSSR count). The zero-order valence-corrected chi connectivity index (χ0v) is 10.8. The molecule has 0 saturated heterocycles. The van der Waals surface area contributed by atoms with Crippen LogP contribution < -0.4 is 0 Å². The molecule has 0 bridgehead atoms. The topological polar surface area (TPSA) is 80.3 Å². The Labute approximate surface area is 113 Å². The van der Waals surface area contributed by atoms with Crippen molar-refractivity contribution >= 4 is 23.2 Å². The summed E-state index contributed by atoms with van der Waals surface area (Å²) in [5.74, 6) is -0.339. The molecule has 1 saturated carbocycles. The Morgan fingerprint density at radius 3 is 2.95 bits per heavy atom. The van der Waals surface area contributed by atoms with E-state index in [2.05, 4.69) is 10.1 Å². The van der Waals surface area contributed by atoms with Gasteiger partial charge in [-0.15, -0.1) is 0 Å². The Morgan fingerprint density at radius 1 is 1.63 bits per heavy atom. The highest BCUT2D eigenvalue weighted by Gasteiger charge is 2.32. The monoisotopic (exact) mass is 276 g/mol. The van der Waals surface area contributed by atoms with Gasteiger partial charge in [0.15, 0.2) is 11.3 Å². The van der Waals surface area contributed by atoms with Crippen LogP contribution in [0.3, 0.4) is 0 Å². The second-order valence-electron chi connectivity index (χ2n) is 4.33. The molecule has 0 unspecified atom stereocenters. The number of nitriles is 1. The molecule has 6 nitrogen and oxygen atoms in total. The summed E-state index contributed by atoms with van der Waals surface area (Å²) >= 11 is 6.24. The number of hydrogen-bond acceptors (Lipinski definition) is 5. The molecule has 7 heteroatoms. The van der Waals surface area contributed by atoms with Gasteiger partial charge in [-0.25, -0.2) is 14.3 Å². The lowest BCUT2D eigenvalue weighted by atomic mass is 10.2. The normalized spacial score (nSPS) is 14.4. The van der Waals surface area contributed by atoms with Crippen molar-refractivity contribution in [2.75, 3.05) is 7.11 Å². The number of hydrogen-bond donors (Lipinski definition) is 0. The summed E-state index contributed by atoms with van der Waals surface area (Å²) in [5.41, 5.74) is 1.42. The number of aromatic nitrogens is 3. The average Bonchev–Trinajstić information content (AvgIpc) is 3.18. The van der Waals surface area contributed by atoms with Gasteiger partial charge in [0.05, 0.1) is 24.0 Å². The fourth-order valence-electron chi connectivity index (χ4n) is 1.97. The average molecular weight is 277 g/mol. The van der Waals surface area contributed by atoms with Crippen LogP contribution >= 0.6 is 11.6 Å². The summed E-state index contributed by atoms with van der Waals surface area (Å²) in [6, 6.07) is 2.00. The number of ether oxygens (including phenoxy) is 1. The molecule has 0 radical (unpaired) electrons. The van der Waals surface area contributed by atoms with Crippen LogP contribution in [0.2, 0.25) is 5.02 Å². The lowest BCUT2D eigenvalue weighted by Crippen LogP contribution is -2.13. The first-order valence-electron chi connectivity index (χ1n) is 5.73. The van der Waals surface area contributed by atoms with Crippen LogP contribution in [0, 0.1) is 11.3 Å². The molecular formula is C12H9ClN4O2. The Balaban J connectivity index is 2.37. The molecule has 0 amide bonds. The van der Waals surface area contributed by atoms with Gasteiger partial charge in [-0.3, -0.25) is 0 Å². The highest BCUT2D eigenvalue weighted by Crippen LogP contribution is 2.43. The minimum absolute atomic E-state index is 0.123. The largest absolute Gasteiger partial charge is 0.464 e. The van der Waals surface area contributed by atoms with Crippen molar-refractivity contribution in [2.45, 2.75) is 18.8 Å². The fraction of sp³-hybridized carbons (Fsp3) is 0.333. The third-order valence-electron chi connectivity index (χ3n) is 3.08. The summed E-state index contributed by atoms with van der Waals surface area (Å²) in [7, 11) is 1.27. The maximum Gasteiger partial charge on any atom is 0.358 e. The third kappa shape index (κ3) is 1.74. The lowest BCUT2D eigenvalue weighted by molar-refractivity contribution is 0.0590. The molecule has 0 spiro atoms. The minimum atomic E-state index is -0.591. The van der Waals surface area contributed by atoms with Crippen LogP contribution in [0.1, 0.15) is 40.5 Å². The van der Waals surface area contributed by atoms with Crippen molar-refractivity contribution in [3.63, 3.8) is 0 Å². The summed E-state index contributed by atoms with van der Waals surface area (Å²) in [5, 5.41) is 13.3. The number of halogens is 1. The van der Waals surface area contributed by atoms with Gasteiger partial charge < -0.3 is 4.74 Å². The first kappa shape index (κ1) is 11.9. The van der Waals surface area contributed by atoms with E-state index >= 15 is 0 Å². The van der Waals surface area contributed by atoms with Crippen LogP contribution in [0.15, 0.2) is 6.20 Å². The van der Waals surface area contributed by atoms with Gasteiger partial charge in [0.1, 0.15) is 11.6 Å². The zero-order valence-electron chi connectivity index (χ0n) is 10.1. The third-order valence-corrected chi connectivity index (χ3v) is 3.45. The molecule has 0 atom stereocenters. The van der Waals surface area contributed by atoms with Gasteiger partial charge in [-0.2, -0.15) is 10.4 Å². The molecule has 19 heavy (non-hydrogen) atoms. The Hall–Kier alpha value is -2.13. The molecule has 0 N–H and O–H groups in total. The second kappa shape index (κ2) is 4.21. The number of carbonyl (C=O) groups excluding carboxylic acids is 1. The smallest absolute Gasteiger partial charge is 0.358 e. The van der Waals surface area contributed by atoms with E-state index in [9.17, 15) is 4.79 Å². The molecule has 1 aliphatic carbocycles. The van der Waals surface area contributed by atoms with Crippen molar-refractivity contribution in [2.24, 2.45) is 0 Å². The molecule has 2 aromatic rings. The number of rotatable bonds is 2. The Bertz CT molecular complexity index is 727. The van der Waals surface area contributed by atoms with Crippen LogP contribution in [0.4, 0.5) is 0 Å². The number of carbonyl (C=O) groups is 1. The van der Waals surface area contributed by atoms with E-state index in [0.29, 0.717) is 16.9 Å². The van der Waals surface area contributed by atoms with Gasteiger partial charge in [0, 0.05) is 5.92 Å². The van der Waals surface area contributed by atoms with Crippen LogP contribution in [-0.4, -0.2) is 27.7 Å². The van der Waals surface area contributed by atoms with Gasteiger partial charge in [-0.05, 0) is 12.8 Å². The van der Waals surface area contributed by atoms with Crippen molar-refractivity contribution in [1.29, 1.82) is 5.26 Å². The van der Waals surface area contributed by atoms with Gasteiger partial charge in [0.25, 0.3) is 0 Å². The van der Waals surface area contributed by atoms with E-state index in [-0.39, 0.29) is 16.6 Å². The molecular weight excluding hydrogens is 268 g/mol. The predicted molar refractivity (Wildman–Crippen MR) is 66.0 cm³/mol. The quantitative estimate of drug-likeness (QED) is 0.783. The zero-order chi connectivity index (χ0) is 13.6. The predicted octanol–water partition coefficient (Wildman–Crippen LogP) is 1.92. The molecule has 1 aliphatic rings. The number of fused-ring (bicyclic) bond motifs is 1. The minimum Gasteiger partial charge on any atom is -0.464 e. The maximum absolute atomic E-state index is 11.9. The van der Waals surface area contributed by atoms with Crippen LogP contribution in [0.5, 0.6) is 0 Å². The molecule has 96 valence electrons. The second-order valence-corrected chi connectivity index (χ2v) is 4.71. The summed E-state index contributed by atoms with van der Waals surface area (Å²) in [6.45, 7) is 0. The first-order valence-corrected chi connectivity index (χ1v) is 6.10. The molecule has 0 aromatic carbocycles. The SMILES string of the molecule is COC(=O)c1c(Cl)c(C2CC2)nc2c(C#N)cnn12. The fourth-order valence-corrected chi connectivity index (χ4v) is 2.32. The number of methoxy groups -OCH3 is 1. The summed E-state index contributed by atoms with van der Waals surface area (Å²) < 4.78 is 5.99. The Morgan fingerprint density at radius 2 is 2.37 bits per heavy atom. The first-order chi connectivity index (χ1) is 9.17. The molecule has 2 heterocycles. The molecule has 1 fully saturated rings. The van der Waals surface area contributed by atoms with Gasteiger partial charge in [-0.1, -0.05) is 11.6 Å². The number of esters is 1. The van der Waals surface area contributed by atoms with Crippen molar-refractivity contribution in [1.82, 2.24) is 14.6 Å². The van der Waals surface area contributed by atoms with E-state index in [1.165, 1.54) is 17.8 Å². The maximum atomic E-state index is 11.9. The van der Waals surface area contributed by atoms with E-state index < -0.39 is 5.97 Å². The van der Waals surface area contributed by atoms with Crippen LogP contribution in [-0.2, 0) is 4.74 Å². The summed E-state index contributed by atoms with van der Waals surface area (Å²) in [4.78, 5) is 16.2. The highest BCUT2D eigenvalue weighted by molar-refractivity contribution is 6.34. The van der Waals surface area contributed by atoms with E-state index in [4.69, 9.17) is 21.6 Å². The van der Waals surface area contributed by atoms with E-state index in [1.54, 1.807) is 0 Å².